The molecule has 0 aromatic heterocycles. The van der Waals surface area contributed by atoms with Crippen LogP contribution in [0.4, 0.5) is 0 Å². The van der Waals surface area contributed by atoms with Gasteiger partial charge in [0.25, 0.3) is 5.91 Å². The molecule has 0 spiro atoms. The quantitative estimate of drug-likeness (QED) is 0.837. The van der Waals surface area contributed by atoms with Crippen LogP contribution in [0.1, 0.15) is 49.2 Å². The molecule has 2 heterocycles. The summed E-state index contributed by atoms with van der Waals surface area (Å²) in [6.45, 7) is 8.25. The average molecular weight is 315 g/mol. The van der Waals surface area contributed by atoms with Gasteiger partial charge in [-0.1, -0.05) is 18.2 Å². The number of hydrogen-bond acceptors (Lipinski definition) is 4. The first-order valence-electron chi connectivity index (χ1n) is 7.82. The van der Waals surface area contributed by atoms with E-state index >= 15 is 0 Å². The fraction of sp³-hybridized carbons (Fsp3) is 0.471. The SMILES string of the molecule is CC1(C)OB(C(=Cc2cccc3c2CNC3=O)CO)OC1(C)C. The highest BCUT2D eigenvalue weighted by molar-refractivity contribution is 6.55. The summed E-state index contributed by atoms with van der Waals surface area (Å²) in [6, 6.07) is 5.58. The molecule has 2 aliphatic heterocycles. The molecular formula is C17H22BNO4. The maximum atomic E-state index is 11.8. The minimum atomic E-state index is -0.592. The number of hydrogen-bond donors (Lipinski definition) is 2. The van der Waals surface area contributed by atoms with Crippen LogP contribution in [0.2, 0.25) is 0 Å². The van der Waals surface area contributed by atoms with E-state index in [0.717, 1.165) is 11.1 Å². The second-order valence-corrected chi connectivity index (χ2v) is 7.02. The molecule has 6 heteroatoms. The highest BCUT2D eigenvalue weighted by Gasteiger charge is 2.52. The lowest BCUT2D eigenvalue weighted by Crippen LogP contribution is -2.41. The minimum Gasteiger partial charge on any atom is -0.400 e. The van der Waals surface area contributed by atoms with Gasteiger partial charge in [-0.05, 0) is 50.4 Å². The van der Waals surface area contributed by atoms with Crippen molar-refractivity contribution in [3.05, 3.63) is 40.4 Å². The third-order valence-electron chi connectivity index (χ3n) is 4.96. The fourth-order valence-corrected chi connectivity index (χ4v) is 2.80. The highest BCUT2D eigenvalue weighted by Crippen LogP contribution is 2.39. The number of aliphatic hydroxyl groups excluding tert-OH is 1. The van der Waals surface area contributed by atoms with Crippen molar-refractivity contribution < 1.29 is 19.2 Å². The summed E-state index contributed by atoms with van der Waals surface area (Å²) in [5.74, 6) is -0.0589. The van der Waals surface area contributed by atoms with Gasteiger partial charge in [0.2, 0.25) is 0 Å². The van der Waals surface area contributed by atoms with Crippen LogP contribution in [-0.4, -0.2) is 35.9 Å². The van der Waals surface area contributed by atoms with Crippen LogP contribution < -0.4 is 5.32 Å². The van der Waals surface area contributed by atoms with Gasteiger partial charge in [-0.3, -0.25) is 4.79 Å². The first-order valence-corrected chi connectivity index (χ1v) is 7.82. The molecule has 1 aromatic carbocycles. The topological polar surface area (TPSA) is 67.8 Å². The van der Waals surface area contributed by atoms with E-state index in [1.54, 1.807) is 0 Å². The predicted molar refractivity (Wildman–Crippen MR) is 88.8 cm³/mol. The Kier molecular flexibility index (Phi) is 3.87. The highest BCUT2D eigenvalue weighted by atomic mass is 16.7. The smallest absolute Gasteiger partial charge is 0.400 e. The van der Waals surface area contributed by atoms with Gasteiger partial charge in [-0.15, -0.1) is 0 Å². The van der Waals surface area contributed by atoms with Crippen LogP contribution in [-0.2, 0) is 15.9 Å². The molecule has 0 atom stereocenters. The number of fused-ring (bicyclic) bond motifs is 1. The van der Waals surface area contributed by atoms with E-state index in [1.807, 2.05) is 52.0 Å². The van der Waals surface area contributed by atoms with E-state index in [2.05, 4.69) is 5.32 Å². The molecule has 23 heavy (non-hydrogen) atoms. The first kappa shape index (κ1) is 16.2. The molecule has 5 nitrogen and oxygen atoms in total. The summed E-state index contributed by atoms with van der Waals surface area (Å²) >= 11 is 0. The molecular weight excluding hydrogens is 293 g/mol. The summed E-state index contributed by atoms with van der Waals surface area (Å²) in [6.07, 6.45) is 1.86. The van der Waals surface area contributed by atoms with Crippen LogP contribution in [0.5, 0.6) is 0 Å². The molecule has 3 rings (SSSR count). The van der Waals surface area contributed by atoms with E-state index in [-0.39, 0.29) is 12.5 Å². The predicted octanol–water partition coefficient (Wildman–Crippen LogP) is 1.94. The van der Waals surface area contributed by atoms with Crippen molar-refractivity contribution in [2.24, 2.45) is 0 Å². The summed E-state index contributed by atoms with van der Waals surface area (Å²) < 4.78 is 12.0. The molecule has 1 saturated heterocycles. The number of aliphatic hydroxyl groups is 1. The summed E-state index contributed by atoms with van der Waals surface area (Å²) in [4.78, 5) is 11.8. The number of benzene rings is 1. The van der Waals surface area contributed by atoms with E-state index in [1.165, 1.54) is 0 Å². The maximum absolute atomic E-state index is 11.8. The molecule has 0 unspecified atom stereocenters. The van der Waals surface area contributed by atoms with Crippen LogP contribution in [0, 0.1) is 0 Å². The lowest BCUT2D eigenvalue weighted by molar-refractivity contribution is 0.00578. The molecule has 1 amide bonds. The molecule has 0 radical (unpaired) electrons. The third-order valence-corrected chi connectivity index (χ3v) is 4.96. The Morgan fingerprint density at radius 1 is 1.30 bits per heavy atom. The zero-order valence-electron chi connectivity index (χ0n) is 14.0. The number of rotatable bonds is 3. The van der Waals surface area contributed by atoms with Crippen molar-refractivity contribution in [2.75, 3.05) is 6.61 Å². The average Bonchev–Trinajstić information content (AvgIpc) is 2.95. The standard InChI is InChI=1S/C17H22BNO4/c1-16(2)17(3,4)23-18(22-16)12(10-20)8-11-6-5-7-13-14(11)9-19-15(13)21/h5-8,20H,9-10H2,1-4H3,(H,19,21). The Morgan fingerprint density at radius 2 is 1.96 bits per heavy atom. The molecule has 122 valence electrons. The largest absolute Gasteiger partial charge is 0.492 e. The van der Waals surface area contributed by atoms with E-state index in [9.17, 15) is 9.90 Å². The van der Waals surface area contributed by atoms with Crippen molar-refractivity contribution in [1.82, 2.24) is 5.32 Å². The number of carbonyl (C=O) groups excluding carboxylic acids is 1. The summed E-state index contributed by atoms with van der Waals surface area (Å²) in [5, 5.41) is 12.6. The van der Waals surface area contributed by atoms with E-state index < -0.39 is 18.3 Å². The van der Waals surface area contributed by atoms with Gasteiger partial charge in [-0.2, -0.15) is 0 Å². The monoisotopic (exact) mass is 315 g/mol. The lowest BCUT2D eigenvalue weighted by atomic mass is 9.77. The zero-order valence-corrected chi connectivity index (χ0v) is 14.0. The fourth-order valence-electron chi connectivity index (χ4n) is 2.80. The van der Waals surface area contributed by atoms with E-state index in [4.69, 9.17) is 9.31 Å². The van der Waals surface area contributed by atoms with Gasteiger partial charge in [-0.25, -0.2) is 0 Å². The van der Waals surface area contributed by atoms with Gasteiger partial charge >= 0.3 is 7.12 Å². The molecule has 0 aliphatic carbocycles. The Balaban J connectivity index is 1.94. The second-order valence-electron chi connectivity index (χ2n) is 7.02. The van der Waals surface area contributed by atoms with Crippen LogP contribution in [0.3, 0.4) is 0 Å². The van der Waals surface area contributed by atoms with Crippen molar-refractivity contribution in [3.63, 3.8) is 0 Å². The van der Waals surface area contributed by atoms with Crippen LogP contribution in [0.25, 0.3) is 6.08 Å². The molecule has 2 aliphatic rings. The van der Waals surface area contributed by atoms with E-state index in [0.29, 0.717) is 17.6 Å². The van der Waals surface area contributed by atoms with Gasteiger partial charge in [0, 0.05) is 12.1 Å². The Morgan fingerprint density at radius 3 is 2.57 bits per heavy atom. The van der Waals surface area contributed by atoms with Gasteiger partial charge in [0.05, 0.1) is 17.8 Å². The van der Waals surface area contributed by atoms with Gasteiger partial charge in [0.1, 0.15) is 0 Å². The summed E-state index contributed by atoms with van der Waals surface area (Å²) in [5.41, 5.74) is 2.27. The Bertz CT molecular complexity index is 665. The molecule has 0 bridgehead atoms. The third kappa shape index (κ3) is 2.71. The van der Waals surface area contributed by atoms with Gasteiger partial charge < -0.3 is 19.7 Å². The second kappa shape index (κ2) is 5.48. The lowest BCUT2D eigenvalue weighted by Gasteiger charge is -2.32. The minimum absolute atomic E-state index is 0.0589. The normalized spacial score (nSPS) is 22.2. The molecule has 0 saturated carbocycles. The number of carbonyl (C=O) groups is 1. The maximum Gasteiger partial charge on any atom is 0.492 e. The van der Waals surface area contributed by atoms with Crippen LogP contribution >= 0.6 is 0 Å². The first-order chi connectivity index (χ1) is 10.7. The molecule has 1 aromatic rings. The van der Waals surface area contributed by atoms with Crippen LogP contribution in [0.15, 0.2) is 23.7 Å². The van der Waals surface area contributed by atoms with Crippen molar-refractivity contribution in [3.8, 4) is 0 Å². The van der Waals surface area contributed by atoms with Crippen molar-refractivity contribution >= 4 is 19.1 Å². The zero-order chi connectivity index (χ0) is 16.8. The summed E-state index contributed by atoms with van der Waals surface area (Å²) in [7, 11) is -0.592. The Labute approximate surface area is 136 Å². The molecule has 1 fully saturated rings. The van der Waals surface area contributed by atoms with Crippen molar-refractivity contribution in [1.29, 1.82) is 0 Å². The number of amides is 1. The van der Waals surface area contributed by atoms with Crippen molar-refractivity contribution in [2.45, 2.75) is 45.4 Å². The number of nitrogens with one attached hydrogen (secondary N) is 1. The Hall–Kier alpha value is -1.63. The molecule has 2 N–H and O–H groups in total. The van der Waals surface area contributed by atoms with Gasteiger partial charge in [0.15, 0.2) is 0 Å².